The zero-order valence-corrected chi connectivity index (χ0v) is 15.3. The van der Waals surface area contributed by atoms with E-state index in [4.69, 9.17) is 4.42 Å². The number of thiophene rings is 1. The molecule has 1 atom stereocenters. The third-order valence-corrected chi connectivity index (χ3v) is 5.26. The summed E-state index contributed by atoms with van der Waals surface area (Å²) in [6.07, 6.45) is 0. The van der Waals surface area contributed by atoms with Gasteiger partial charge in [0, 0.05) is 22.6 Å². The molecule has 1 N–H and O–H groups in total. The van der Waals surface area contributed by atoms with Crippen LogP contribution in [0.1, 0.15) is 17.8 Å². The number of non-ortho nitro benzene ring substituents is 1. The summed E-state index contributed by atoms with van der Waals surface area (Å²) in [5.74, 6) is 0.154. The van der Waals surface area contributed by atoms with Gasteiger partial charge in [-0.05, 0) is 24.4 Å². The zero-order chi connectivity index (χ0) is 18.5. The minimum Gasteiger partial charge on any atom is -0.411 e. The first-order valence-corrected chi connectivity index (χ1v) is 9.43. The van der Waals surface area contributed by atoms with Gasteiger partial charge < -0.3 is 9.73 Å². The lowest BCUT2D eigenvalue weighted by atomic mass is 10.2. The quantitative estimate of drug-likeness (QED) is 0.372. The number of thioether (sulfide) groups is 1. The van der Waals surface area contributed by atoms with E-state index in [2.05, 4.69) is 15.5 Å². The standard InChI is InChI=1S/C16H14N4O4S2/c1-10(13-6-3-7-25-13)17-14(21)9-26-16-19-18-15(24-16)11-4-2-5-12(8-11)20(22)23/h2-8,10H,9H2,1H3,(H,17,21)/t10-/m0/s1. The largest absolute Gasteiger partial charge is 0.411 e. The number of nitro benzene ring substituents is 1. The molecule has 8 nitrogen and oxygen atoms in total. The molecule has 134 valence electrons. The molecular weight excluding hydrogens is 376 g/mol. The van der Waals surface area contributed by atoms with Gasteiger partial charge in [-0.2, -0.15) is 0 Å². The molecule has 0 bridgehead atoms. The van der Waals surface area contributed by atoms with Crippen LogP contribution in [-0.2, 0) is 4.79 Å². The second-order valence-corrected chi connectivity index (χ2v) is 7.18. The SMILES string of the molecule is C[C@H](NC(=O)CSc1nnc(-c2cccc([N+](=O)[O-])c2)o1)c1cccs1. The molecule has 0 unspecified atom stereocenters. The number of aromatic nitrogens is 2. The minimum atomic E-state index is -0.491. The Hall–Kier alpha value is -2.72. The second-order valence-electron chi connectivity index (χ2n) is 5.27. The highest BCUT2D eigenvalue weighted by molar-refractivity contribution is 7.99. The van der Waals surface area contributed by atoms with E-state index in [1.165, 1.54) is 12.1 Å². The van der Waals surface area contributed by atoms with Crippen molar-refractivity contribution in [2.45, 2.75) is 18.2 Å². The van der Waals surface area contributed by atoms with Crippen molar-refractivity contribution in [3.05, 3.63) is 56.8 Å². The lowest BCUT2D eigenvalue weighted by Crippen LogP contribution is -2.27. The Balaban J connectivity index is 1.58. The average Bonchev–Trinajstić information content (AvgIpc) is 3.32. The molecule has 3 aromatic rings. The highest BCUT2D eigenvalue weighted by Gasteiger charge is 2.15. The van der Waals surface area contributed by atoms with Crippen LogP contribution in [0.25, 0.3) is 11.5 Å². The first-order valence-electron chi connectivity index (χ1n) is 7.57. The fraction of sp³-hybridized carbons (Fsp3) is 0.188. The van der Waals surface area contributed by atoms with Gasteiger partial charge in [0.25, 0.3) is 10.9 Å². The molecule has 1 aromatic carbocycles. The highest BCUT2D eigenvalue weighted by Crippen LogP contribution is 2.26. The number of benzene rings is 1. The molecule has 3 rings (SSSR count). The fourth-order valence-electron chi connectivity index (χ4n) is 2.16. The Morgan fingerprint density at radius 1 is 1.38 bits per heavy atom. The summed E-state index contributed by atoms with van der Waals surface area (Å²) in [5.41, 5.74) is 0.395. The Bertz CT molecular complexity index is 911. The minimum absolute atomic E-state index is 0.0585. The first kappa shape index (κ1) is 18.1. The van der Waals surface area contributed by atoms with Crippen LogP contribution in [0.15, 0.2) is 51.4 Å². The van der Waals surface area contributed by atoms with Crippen LogP contribution in [0.5, 0.6) is 0 Å². The van der Waals surface area contributed by atoms with Crippen molar-refractivity contribution in [1.82, 2.24) is 15.5 Å². The third kappa shape index (κ3) is 4.46. The normalized spacial score (nSPS) is 11.9. The van der Waals surface area contributed by atoms with Crippen molar-refractivity contribution in [3.8, 4) is 11.5 Å². The van der Waals surface area contributed by atoms with Crippen molar-refractivity contribution < 1.29 is 14.1 Å². The van der Waals surface area contributed by atoms with E-state index in [1.807, 2.05) is 24.4 Å². The fourth-order valence-corrected chi connectivity index (χ4v) is 3.47. The van der Waals surface area contributed by atoms with Crippen molar-refractivity contribution in [3.63, 3.8) is 0 Å². The summed E-state index contributed by atoms with van der Waals surface area (Å²) in [4.78, 5) is 23.4. The van der Waals surface area contributed by atoms with E-state index in [0.717, 1.165) is 16.6 Å². The number of rotatable bonds is 7. The van der Waals surface area contributed by atoms with Crippen molar-refractivity contribution >= 4 is 34.7 Å². The maximum absolute atomic E-state index is 12.0. The number of nitrogens with zero attached hydrogens (tertiary/aromatic N) is 3. The molecule has 0 fully saturated rings. The lowest BCUT2D eigenvalue weighted by molar-refractivity contribution is -0.384. The van der Waals surface area contributed by atoms with Gasteiger partial charge in [0.05, 0.1) is 16.7 Å². The molecule has 0 saturated heterocycles. The van der Waals surface area contributed by atoms with Gasteiger partial charge in [0.15, 0.2) is 0 Å². The Morgan fingerprint density at radius 3 is 2.96 bits per heavy atom. The molecule has 0 spiro atoms. The van der Waals surface area contributed by atoms with Crippen LogP contribution >= 0.6 is 23.1 Å². The molecule has 26 heavy (non-hydrogen) atoms. The zero-order valence-electron chi connectivity index (χ0n) is 13.6. The molecule has 0 aliphatic carbocycles. The summed E-state index contributed by atoms with van der Waals surface area (Å²) < 4.78 is 5.47. The first-order chi connectivity index (χ1) is 12.5. The summed E-state index contributed by atoms with van der Waals surface area (Å²) >= 11 is 2.69. The van der Waals surface area contributed by atoms with Gasteiger partial charge >= 0.3 is 0 Å². The maximum atomic E-state index is 12.0. The van der Waals surface area contributed by atoms with Gasteiger partial charge in [-0.25, -0.2) is 0 Å². The lowest BCUT2D eigenvalue weighted by Gasteiger charge is -2.11. The van der Waals surface area contributed by atoms with Crippen LogP contribution < -0.4 is 5.32 Å². The molecular formula is C16H14N4O4S2. The van der Waals surface area contributed by atoms with Gasteiger partial charge in [0.1, 0.15) is 0 Å². The Kier molecular flexibility index (Phi) is 5.64. The van der Waals surface area contributed by atoms with E-state index in [9.17, 15) is 14.9 Å². The monoisotopic (exact) mass is 390 g/mol. The topological polar surface area (TPSA) is 111 Å². The summed E-state index contributed by atoms with van der Waals surface area (Å²) in [7, 11) is 0. The number of amides is 1. The number of carbonyl (C=O) groups excluding carboxylic acids is 1. The molecule has 2 heterocycles. The molecule has 1 amide bonds. The average molecular weight is 390 g/mol. The number of hydrogen-bond acceptors (Lipinski definition) is 8. The molecule has 2 aromatic heterocycles. The van der Waals surface area contributed by atoms with E-state index in [1.54, 1.807) is 23.5 Å². The summed E-state index contributed by atoms with van der Waals surface area (Å²) in [6, 6.07) is 9.77. The van der Waals surface area contributed by atoms with Crippen LogP contribution in [0.3, 0.4) is 0 Å². The maximum Gasteiger partial charge on any atom is 0.277 e. The van der Waals surface area contributed by atoms with Crippen molar-refractivity contribution in [2.75, 3.05) is 5.75 Å². The van der Waals surface area contributed by atoms with Crippen molar-refractivity contribution in [1.29, 1.82) is 0 Å². The van der Waals surface area contributed by atoms with Crippen LogP contribution in [0, 0.1) is 10.1 Å². The van der Waals surface area contributed by atoms with Gasteiger partial charge in [0.2, 0.25) is 11.8 Å². The van der Waals surface area contributed by atoms with Crippen LogP contribution in [0.4, 0.5) is 5.69 Å². The van der Waals surface area contributed by atoms with Crippen molar-refractivity contribution in [2.24, 2.45) is 0 Å². The van der Waals surface area contributed by atoms with Gasteiger partial charge in [-0.1, -0.05) is 23.9 Å². The van der Waals surface area contributed by atoms with Gasteiger partial charge in [-0.15, -0.1) is 21.5 Å². The van der Waals surface area contributed by atoms with Gasteiger partial charge in [-0.3, -0.25) is 14.9 Å². The molecule has 0 saturated carbocycles. The molecule has 0 aliphatic heterocycles. The third-order valence-electron chi connectivity index (χ3n) is 3.38. The summed E-state index contributed by atoms with van der Waals surface area (Å²) in [5, 5.41) is 23.7. The summed E-state index contributed by atoms with van der Waals surface area (Å²) in [6.45, 7) is 1.92. The predicted octanol–water partition coefficient (Wildman–Crippen LogP) is 3.68. The Morgan fingerprint density at radius 2 is 2.23 bits per heavy atom. The predicted molar refractivity (Wildman–Crippen MR) is 98.0 cm³/mol. The molecule has 10 heteroatoms. The van der Waals surface area contributed by atoms with E-state index in [-0.39, 0.29) is 34.5 Å². The molecule has 0 radical (unpaired) electrons. The number of nitrogens with one attached hydrogen (secondary N) is 1. The number of carbonyl (C=O) groups is 1. The van der Waals surface area contributed by atoms with E-state index < -0.39 is 4.92 Å². The van der Waals surface area contributed by atoms with E-state index >= 15 is 0 Å². The van der Waals surface area contributed by atoms with Crippen LogP contribution in [0.2, 0.25) is 0 Å². The number of hydrogen-bond donors (Lipinski definition) is 1. The number of nitro groups is 1. The second kappa shape index (κ2) is 8.11. The Labute approximate surface area is 156 Å². The van der Waals surface area contributed by atoms with Crippen LogP contribution in [-0.4, -0.2) is 26.8 Å². The molecule has 0 aliphatic rings. The smallest absolute Gasteiger partial charge is 0.277 e. The van der Waals surface area contributed by atoms with E-state index in [0.29, 0.717) is 5.56 Å². The highest BCUT2D eigenvalue weighted by atomic mass is 32.2.